The number of amides is 2. The second kappa shape index (κ2) is 3.59. The van der Waals surface area contributed by atoms with Gasteiger partial charge >= 0.3 is 0 Å². The lowest BCUT2D eigenvalue weighted by molar-refractivity contribution is -0.108. The van der Waals surface area contributed by atoms with Crippen molar-refractivity contribution in [2.75, 3.05) is 0 Å². The number of imide groups is 1. The van der Waals surface area contributed by atoms with Crippen molar-refractivity contribution in [2.45, 2.75) is 0 Å². The lowest BCUT2D eigenvalue weighted by Gasteiger charge is -1.89. The smallest absolute Gasteiger partial charge is 0.267 e. The van der Waals surface area contributed by atoms with Crippen LogP contribution in [0, 0.1) is 0 Å². The molecule has 0 aliphatic rings. The second-order valence-electron chi connectivity index (χ2n) is 2.74. The van der Waals surface area contributed by atoms with Crippen molar-refractivity contribution in [1.82, 2.24) is 5.32 Å². The van der Waals surface area contributed by atoms with E-state index in [2.05, 4.69) is 5.32 Å². The fourth-order valence-corrected chi connectivity index (χ4v) is 2.18. The molecule has 1 N–H and O–H groups in total. The maximum atomic E-state index is 11.3. The van der Waals surface area contributed by atoms with Gasteiger partial charge in [0.1, 0.15) is 0 Å². The molecule has 1 aromatic heterocycles. The second-order valence-corrected chi connectivity index (χ2v) is 3.82. The van der Waals surface area contributed by atoms with E-state index in [0.29, 0.717) is 11.3 Å². The monoisotopic (exact) mass is 205 g/mol. The lowest BCUT2D eigenvalue weighted by Crippen LogP contribution is -2.19. The van der Waals surface area contributed by atoms with Gasteiger partial charge in [-0.3, -0.25) is 14.9 Å². The molecule has 4 heteroatoms. The molecule has 70 valence electrons. The van der Waals surface area contributed by atoms with Gasteiger partial charge in [0, 0.05) is 4.70 Å². The zero-order chi connectivity index (χ0) is 9.97. The van der Waals surface area contributed by atoms with E-state index in [9.17, 15) is 9.59 Å². The van der Waals surface area contributed by atoms with Gasteiger partial charge in [-0.2, -0.15) is 0 Å². The van der Waals surface area contributed by atoms with Crippen LogP contribution >= 0.6 is 11.3 Å². The molecule has 0 fully saturated rings. The van der Waals surface area contributed by atoms with Gasteiger partial charge in [-0.1, -0.05) is 18.2 Å². The Morgan fingerprint density at radius 2 is 2.14 bits per heavy atom. The van der Waals surface area contributed by atoms with Crippen LogP contribution in [0.15, 0.2) is 30.3 Å². The van der Waals surface area contributed by atoms with E-state index >= 15 is 0 Å². The summed E-state index contributed by atoms with van der Waals surface area (Å²) in [7, 11) is 0. The molecule has 1 aromatic carbocycles. The Bertz CT molecular complexity index is 457. The number of carbonyl (C=O) groups is 2. The van der Waals surface area contributed by atoms with E-state index in [1.54, 1.807) is 6.07 Å². The molecule has 0 radical (unpaired) electrons. The van der Waals surface area contributed by atoms with Gasteiger partial charge in [0.05, 0.1) is 4.88 Å². The summed E-state index contributed by atoms with van der Waals surface area (Å²) in [6.07, 6.45) is 0.396. The molecule has 3 nitrogen and oxygen atoms in total. The summed E-state index contributed by atoms with van der Waals surface area (Å²) >= 11 is 1.37. The van der Waals surface area contributed by atoms with Gasteiger partial charge in [0.25, 0.3) is 5.91 Å². The first-order valence-corrected chi connectivity index (χ1v) is 4.86. The summed E-state index contributed by atoms with van der Waals surface area (Å²) in [5.74, 6) is -0.346. The summed E-state index contributed by atoms with van der Waals surface area (Å²) in [5, 5.41) is 3.14. The highest BCUT2D eigenvalue weighted by Crippen LogP contribution is 2.24. The number of thiophene rings is 1. The zero-order valence-electron chi connectivity index (χ0n) is 7.19. The van der Waals surface area contributed by atoms with E-state index in [4.69, 9.17) is 0 Å². The highest BCUT2D eigenvalue weighted by atomic mass is 32.1. The molecule has 0 spiro atoms. The molecule has 2 rings (SSSR count). The van der Waals surface area contributed by atoms with Crippen molar-refractivity contribution >= 4 is 33.7 Å². The van der Waals surface area contributed by atoms with E-state index < -0.39 is 0 Å². The van der Waals surface area contributed by atoms with Crippen molar-refractivity contribution in [3.8, 4) is 0 Å². The van der Waals surface area contributed by atoms with Crippen molar-refractivity contribution in [1.29, 1.82) is 0 Å². The number of hydrogen-bond acceptors (Lipinski definition) is 3. The summed E-state index contributed by atoms with van der Waals surface area (Å²) in [4.78, 5) is 21.9. The van der Waals surface area contributed by atoms with Gasteiger partial charge < -0.3 is 0 Å². The molecule has 0 atom stereocenters. The Hall–Kier alpha value is -1.68. The van der Waals surface area contributed by atoms with Gasteiger partial charge in [0.2, 0.25) is 6.41 Å². The maximum Gasteiger partial charge on any atom is 0.267 e. The summed E-state index contributed by atoms with van der Waals surface area (Å²) in [5.41, 5.74) is 0. The molecule has 2 amide bonds. The Morgan fingerprint density at radius 3 is 2.86 bits per heavy atom. The number of nitrogens with one attached hydrogen (secondary N) is 1. The minimum Gasteiger partial charge on any atom is -0.294 e. The third-order valence-electron chi connectivity index (χ3n) is 1.84. The zero-order valence-corrected chi connectivity index (χ0v) is 8.01. The SMILES string of the molecule is O=CNC(=O)c1cc2ccccc2s1. The van der Waals surface area contributed by atoms with Crippen LogP contribution in [0.25, 0.3) is 10.1 Å². The van der Waals surface area contributed by atoms with Crippen LogP contribution in [-0.4, -0.2) is 12.3 Å². The highest BCUT2D eigenvalue weighted by Gasteiger charge is 2.08. The van der Waals surface area contributed by atoms with Crippen molar-refractivity contribution in [3.63, 3.8) is 0 Å². The van der Waals surface area contributed by atoms with Crippen LogP contribution in [0.1, 0.15) is 9.67 Å². The molecule has 0 unspecified atom stereocenters. The number of carbonyl (C=O) groups excluding carboxylic acids is 2. The highest BCUT2D eigenvalue weighted by molar-refractivity contribution is 7.20. The van der Waals surface area contributed by atoms with E-state index in [1.807, 2.05) is 24.3 Å². The average molecular weight is 205 g/mol. The van der Waals surface area contributed by atoms with Crippen molar-refractivity contribution in [2.24, 2.45) is 0 Å². The topological polar surface area (TPSA) is 46.2 Å². The first kappa shape index (κ1) is 8.90. The molecule has 0 bridgehead atoms. The van der Waals surface area contributed by atoms with Crippen LogP contribution in [0.5, 0.6) is 0 Å². The van der Waals surface area contributed by atoms with Crippen molar-refractivity contribution in [3.05, 3.63) is 35.2 Å². The number of fused-ring (bicyclic) bond motifs is 1. The molecular formula is C10H7NO2S. The van der Waals surface area contributed by atoms with Gasteiger partial charge in [-0.15, -0.1) is 11.3 Å². The largest absolute Gasteiger partial charge is 0.294 e. The molecule has 2 aromatic rings. The summed E-state index contributed by atoms with van der Waals surface area (Å²) in [6, 6.07) is 9.48. The van der Waals surface area contributed by atoms with Gasteiger partial charge in [0.15, 0.2) is 0 Å². The number of hydrogen-bond donors (Lipinski definition) is 1. The summed E-state index contributed by atoms with van der Waals surface area (Å²) < 4.78 is 1.04. The first-order chi connectivity index (χ1) is 6.81. The fraction of sp³-hybridized carbons (Fsp3) is 0. The quantitative estimate of drug-likeness (QED) is 0.760. The standard InChI is InChI=1S/C10H7NO2S/c12-6-11-10(13)9-5-7-3-1-2-4-8(7)14-9/h1-6H,(H,11,12,13). The van der Waals surface area contributed by atoms with Crippen LogP contribution in [0.4, 0.5) is 0 Å². The summed E-state index contributed by atoms with van der Waals surface area (Å²) in [6.45, 7) is 0. The minimum atomic E-state index is -0.346. The normalized spacial score (nSPS) is 10.0. The van der Waals surface area contributed by atoms with Crippen LogP contribution in [-0.2, 0) is 4.79 Å². The maximum absolute atomic E-state index is 11.3. The predicted octanol–water partition coefficient (Wildman–Crippen LogP) is 1.79. The lowest BCUT2D eigenvalue weighted by atomic mass is 10.2. The third-order valence-corrected chi connectivity index (χ3v) is 2.95. The predicted molar refractivity (Wildman–Crippen MR) is 55.4 cm³/mol. The van der Waals surface area contributed by atoms with E-state index in [1.165, 1.54) is 11.3 Å². The molecule has 0 aliphatic carbocycles. The Balaban J connectivity index is 2.44. The molecule has 14 heavy (non-hydrogen) atoms. The van der Waals surface area contributed by atoms with E-state index in [-0.39, 0.29) is 5.91 Å². The Kier molecular flexibility index (Phi) is 2.28. The van der Waals surface area contributed by atoms with Gasteiger partial charge in [-0.25, -0.2) is 0 Å². The van der Waals surface area contributed by atoms with Crippen molar-refractivity contribution < 1.29 is 9.59 Å². The number of rotatable bonds is 2. The Morgan fingerprint density at radius 1 is 1.36 bits per heavy atom. The molecule has 0 aliphatic heterocycles. The van der Waals surface area contributed by atoms with Crippen LogP contribution < -0.4 is 5.32 Å². The molecule has 1 heterocycles. The van der Waals surface area contributed by atoms with Crippen LogP contribution in [0.3, 0.4) is 0 Å². The average Bonchev–Trinajstić information content (AvgIpc) is 2.61. The van der Waals surface area contributed by atoms with Crippen LogP contribution in [0.2, 0.25) is 0 Å². The molecular weight excluding hydrogens is 198 g/mol. The Labute approximate surface area is 84.4 Å². The number of benzene rings is 1. The fourth-order valence-electron chi connectivity index (χ4n) is 1.22. The minimum absolute atomic E-state index is 0.346. The molecule has 0 saturated heterocycles. The van der Waals surface area contributed by atoms with Gasteiger partial charge in [-0.05, 0) is 17.5 Å². The third kappa shape index (κ3) is 1.52. The first-order valence-electron chi connectivity index (χ1n) is 4.04. The van der Waals surface area contributed by atoms with E-state index in [0.717, 1.165) is 10.1 Å². The molecule has 0 saturated carbocycles.